The van der Waals surface area contributed by atoms with Gasteiger partial charge in [-0.1, -0.05) is 36.4 Å². The number of amides is 1. The molecule has 6 nitrogen and oxygen atoms in total. The highest BCUT2D eigenvalue weighted by atomic mass is 19.4. The van der Waals surface area contributed by atoms with Gasteiger partial charge in [0.2, 0.25) is 0 Å². The highest BCUT2D eigenvalue weighted by Gasteiger charge is 2.38. The lowest BCUT2D eigenvalue weighted by Gasteiger charge is -2.44. The predicted molar refractivity (Wildman–Crippen MR) is 107 cm³/mol. The van der Waals surface area contributed by atoms with Gasteiger partial charge in [0.15, 0.2) is 0 Å². The Bertz CT molecular complexity index is 934. The van der Waals surface area contributed by atoms with Crippen LogP contribution in [-0.2, 0) is 17.8 Å². The van der Waals surface area contributed by atoms with Crippen molar-refractivity contribution in [2.24, 2.45) is 0 Å². The number of alkyl halides is 3. The van der Waals surface area contributed by atoms with Crippen molar-refractivity contribution >= 4 is 11.9 Å². The molecule has 0 aromatic heterocycles. The Labute approximate surface area is 177 Å². The number of carbonyl (C=O) groups excluding carboxylic acids is 1. The predicted octanol–water partition coefficient (Wildman–Crippen LogP) is 3.21. The minimum absolute atomic E-state index is 0.152. The molecule has 2 heterocycles. The molecule has 2 aliphatic heterocycles. The number of hydrogen-bond acceptors (Lipinski definition) is 4. The van der Waals surface area contributed by atoms with Gasteiger partial charge in [0, 0.05) is 37.8 Å². The summed E-state index contributed by atoms with van der Waals surface area (Å²) in [6.07, 6.45) is -4.16. The number of hydrogen-bond donors (Lipinski definition) is 1. The summed E-state index contributed by atoms with van der Waals surface area (Å²) in [6.45, 7) is 3.62. The van der Waals surface area contributed by atoms with E-state index < -0.39 is 12.1 Å². The second-order valence-corrected chi connectivity index (χ2v) is 7.40. The number of ether oxygens (including phenoxy) is 1. The molecule has 0 saturated carbocycles. The summed E-state index contributed by atoms with van der Waals surface area (Å²) in [4.78, 5) is 26.2. The molecule has 9 heteroatoms. The molecule has 31 heavy (non-hydrogen) atoms. The van der Waals surface area contributed by atoms with Crippen LogP contribution in [0.1, 0.15) is 21.5 Å². The van der Waals surface area contributed by atoms with E-state index in [1.54, 1.807) is 7.11 Å². The Morgan fingerprint density at radius 3 is 2.45 bits per heavy atom. The van der Waals surface area contributed by atoms with E-state index in [1.165, 1.54) is 5.56 Å². The van der Waals surface area contributed by atoms with Crippen molar-refractivity contribution < 1.29 is 32.6 Å². The number of carboxylic acid groups (broad SMARTS) is 1. The topological polar surface area (TPSA) is 70.1 Å². The van der Waals surface area contributed by atoms with Crippen LogP contribution >= 0.6 is 0 Å². The smallest absolute Gasteiger partial charge is 0.490 e. The van der Waals surface area contributed by atoms with Crippen molar-refractivity contribution in [2.75, 3.05) is 26.7 Å². The molecule has 0 radical (unpaired) electrons. The number of carboxylic acids is 1. The van der Waals surface area contributed by atoms with Crippen molar-refractivity contribution in [2.45, 2.75) is 25.2 Å². The van der Waals surface area contributed by atoms with Gasteiger partial charge < -0.3 is 14.7 Å². The van der Waals surface area contributed by atoms with E-state index >= 15 is 0 Å². The maximum atomic E-state index is 12.8. The molecule has 0 aliphatic carbocycles. The third-order valence-corrected chi connectivity index (χ3v) is 5.32. The summed E-state index contributed by atoms with van der Waals surface area (Å²) >= 11 is 0. The molecule has 0 unspecified atom stereocenters. The minimum Gasteiger partial charge on any atom is -0.497 e. The maximum absolute atomic E-state index is 12.8. The number of rotatable bonds is 3. The quantitative estimate of drug-likeness (QED) is 0.800. The van der Waals surface area contributed by atoms with E-state index in [4.69, 9.17) is 14.6 Å². The number of methoxy groups -OCH3 is 1. The first-order valence-corrected chi connectivity index (χ1v) is 9.73. The minimum atomic E-state index is -5.08. The van der Waals surface area contributed by atoms with E-state index in [1.807, 2.05) is 29.2 Å². The highest BCUT2D eigenvalue weighted by Crippen LogP contribution is 2.29. The number of piperazine rings is 1. The van der Waals surface area contributed by atoms with Crippen LogP contribution in [0, 0.1) is 0 Å². The lowest BCUT2D eigenvalue weighted by molar-refractivity contribution is -0.192. The zero-order valence-electron chi connectivity index (χ0n) is 16.9. The van der Waals surface area contributed by atoms with Crippen LogP contribution in [0.5, 0.6) is 5.75 Å². The molecule has 2 aromatic rings. The Morgan fingerprint density at radius 2 is 1.84 bits per heavy atom. The van der Waals surface area contributed by atoms with Gasteiger partial charge in [-0.3, -0.25) is 9.69 Å². The van der Waals surface area contributed by atoms with Crippen LogP contribution < -0.4 is 4.74 Å². The van der Waals surface area contributed by atoms with Gasteiger partial charge in [0.1, 0.15) is 5.75 Å². The second-order valence-electron chi connectivity index (χ2n) is 7.40. The maximum Gasteiger partial charge on any atom is 0.490 e. The third kappa shape index (κ3) is 5.55. The number of aliphatic carboxylic acids is 1. The molecular weight excluding hydrogens is 413 g/mol. The number of fused-ring (bicyclic) bond motifs is 2. The van der Waals surface area contributed by atoms with E-state index in [-0.39, 0.29) is 11.9 Å². The van der Waals surface area contributed by atoms with Crippen LogP contribution in [-0.4, -0.2) is 65.7 Å². The van der Waals surface area contributed by atoms with Crippen molar-refractivity contribution in [3.63, 3.8) is 0 Å². The fraction of sp³-hybridized carbons (Fsp3) is 0.364. The molecule has 0 spiro atoms. The van der Waals surface area contributed by atoms with Gasteiger partial charge in [-0.15, -0.1) is 0 Å². The summed E-state index contributed by atoms with van der Waals surface area (Å²) < 4.78 is 37.0. The second kappa shape index (κ2) is 9.38. The zero-order chi connectivity index (χ0) is 22.6. The zero-order valence-corrected chi connectivity index (χ0v) is 16.9. The molecule has 1 amide bonds. The average molecular weight is 436 g/mol. The molecule has 0 bridgehead atoms. The van der Waals surface area contributed by atoms with Gasteiger partial charge in [0.05, 0.1) is 7.11 Å². The monoisotopic (exact) mass is 436 g/mol. The largest absolute Gasteiger partial charge is 0.497 e. The fourth-order valence-corrected chi connectivity index (χ4v) is 3.82. The van der Waals surface area contributed by atoms with Crippen molar-refractivity contribution in [3.8, 4) is 5.75 Å². The average Bonchev–Trinajstić information content (AvgIpc) is 2.74. The first-order chi connectivity index (χ1) is 14.7. The van der Waals surface area contributed by atoms with Crippen molar-refractivity contribution in [1.82, 2.24) is 9.80 Å². The Kier molecular flexibility index (Phi) is 6.84. The molecular formula is C22H23F3N2O4. The molecule has 166 valence electrons. The first-order valence-electron chi connectivity index (χ1n) is 9.73. The molecule has 1 fully saturated rings. The van der Waals surface area contributed by atoms with E-state index in [0.717, 1.165) is 49.5 Å². The molecule has 2 aromatic carbocycles. The molecule has 2 aliphatic rings. The van der Waals surface area contributed by atoms with Crippen LogP contribution in [0.15, 0.2) is 48.5 Å². The van der Waals surface area contributed by atoms with Crippen LogP contribution in [0.3, 0.4) is 0 Å². The summed E-state index contributed by atoms with van der Waals surface area (Å²) in [6, 6.07) is 16.7. The van der Waals surface area contributed by atoms with E-state index in [9.17, 15) is 18.0 Å². The normalized spacial score (nSPS) is 18.4. The molecule has 1 N–H and O–H groups in total. The Balaban J connectivity index is 0.000000339. The Hall–Kier alpha value is -3.07. The molecule has 4 rings (SSSR count). The van der Waals surface area contributed by atoms with E-state index in [0.29, 0.717) is 0 Å². The molecule has 1 saturated heterocycles. The number of halogens is 3. The van der Waals surface area contributed by atoms with Gasteiger partial charge in [-0.05, 0) is 29.7 Å². The SMILES string of the molecule is COc1ccc2c(c1)C(=O)N1CCN(Cc3ccccc3)C[C@H]1C2.O=C(O)C(F)(F)F. The summed E-state index contributed by atoms with van der Waals surface area (Å²) in [5, 5.41) is 7.12. The summed E-state index contributed by atoms with van der Waals surface area (Å²) in [5.74, 6) is -1.85. The van der Waals surface area contributed by atoms with Gasteiger partial charge in [-0.25, -0.2) is 4.79 Å². The summed E-state index contributed by atoms with van der Waals surface area (Å²) in [5.41, 5.74) is 3.28. The van der Waals surface area contributed by atoms with Crippen LogP contribution in [0.25, 0.3) is 0 Å². The number of benzene rings is 2. The fourth-order valence-electron chi connectivity index (χ4n) is 3.82. The van der Waals surface area contributed by atoms with Crippen molar-refractivity contribution in [1.29, 1.82) is 0 Å². The number of carbonyl (C=O) groups is 2. The highest BCUT2D eigenvalue weighted by molar-refractivity contribution is 5.97. The first kappa shape index (κ1) is 22.6. The van der Waals surface area contributed by atoms with Gasteiger partial charge in [0.25, 0.3) is 5.91 Å². The van der Waals surface area contributed by atoms with E-state index in [2.05, 4.69) is 29.2 Å². The standard InChI is InChI=1S/C20H22N2O2.C2HF3O2/c1-24-18-8-7-16-11-17-14-21(13-15-5-3-2-4-6-15)9-10-22(17)20(23)19(16)12-18;3-2(4,5)1(6)7/h2-8,12,17H,9-11,13-14H2,1H3;(H,6,7)/t17-;/m1./s1. The lowest BCUT2D eigenvalue weighted by atomic mass is 9.91. The van der Waals surface area contributed by atoms with Crippen molar-refractivity contribution in [3.05, 3.63) is 65.2 Å². The lowest BCUT2D eigenvalue weighted by Crippen LogP contribution is -2.57. The molecule has 1 atom stereocenters. The Morgan fingerprint density at radius 1 is 1.16 bits per heavy atom. The van der Waals surface area contributed by atoms with Gasteiger partial charge in [-0.2, -0.15) is 13.2 Å². The van der Waals surface area contributed by atoms with Gasteiger partial charge >= 0.3 is 12.1 Å². The summed E-state index contributed by atoms with van der Waals surface area (Å²) in [7, 11) is 1.64. The van der Waals surface area contributed by atoms with Crippen LogP contribution in [0.2, 0.25) is 0 Å². The van der Waals surface area contributed by atoms with Crippen LogP contribution in [0.4, 0.5) is 13.2 Å². The number of nitrogens with zero attached hydrogens (tertiary/aromatic N) is 2. The third-order valence-electron chi connectivity index (χ3n) is 5.32.